The second-order valence-electron chi connectivity index (χ2n) is 3.24. The molecular formula is C10H10BrN5. The summed E-state index contributed by atoms with van der Waals surface area (Å²) in [6.07, 6.45) is 0.568. The van der Waals surface area contributed by atoms with Gasteiger partial charge in [-0.05, 0) is 11.6 Å². The predicted molar refractivity (Wildman–Crippen MR) is 65.6 cm³/mol. The van der Waals surface area contributed by atoms with E-state index in [1.807, 2.05) is 24.3 Å². The summed E-state index contributed by atoms with van der Waals surface area (Å²) in [5.74, 6) is 0.862. The van der Waals surface area contributed by atoms with Gasteiger partial charge in [0.05, 0.1) is 0 Å². The first-order valence-electron chi connectivity index (χ1n) is 4.64. The largest absolute Gasteiger partial charge is 0.368 e. The van der Waals surface area contributed by atoms with E-state index in [-0.39, 0.29) is 11.9 Å². The van der Waals surface area contributed by atoms with Crippen LogP contribution in [0.2, 0.25) is 0 Å². The zero-order chi connectivity index (χ0) is 11.5. The van der Waals surface area contributed by atoms with Crippen molar-refractivity contribution in [3.63, 3.8) is 0 Å². The third-order valence-electron chi connectivity index (χ3n) is 2.02. The van der Waals surface area contributed by atoms with Crippen molar-refractivity contribution >= 4 is 27.8 Å². The van der Waals surface area contributed by atoms with E-state index in [4.69, 9.17) is 11.5 Å². The Labute approximate surface area is 101 Å². The molecule has 0 aliphatic heterocycles. The van der Waals surface area contributed by atoms with Gasteiger partial charge < -0.3 is 11.5 Å². The zero-order valence-corrected chi connectivity index (χ0v) is 9.98. The highest BCUT2D eigenvalue weighted by molar-refractivity contribution is 9.10. The molecule has 0 amide bonds. The molecule has 1 aromatic heterocycles. The number of nitrogen functional groups attached to an aromatic ring is 2. The van der Waals surface area contributed by atoms with E-state index in [0.717, 1.165) is 10.0 Å². The van der Waals surface area contributed by atoms with Crippen LogP contribution >= 0.6 is 15.9 Å². The van der Waals surface area contributed by atoms with Gasteiger partial charge in [0, 0.05) is 10.9 Å². The molecule has 0 aliphatic rings. The quantitative estimate of drug-likeness (QED) is 0.867. The van der Waals surface area contributed by atoms with Crippen LogP contribution in [-0.2, 0) is 6.42 Å². The Bertz CT molecular complexity index is 494. The van der Waals surface area contributed by atoms with Crippen LogP contribution in [0.4, 0.5) is 11.9 Å². The Morgan fingerprint density at radius 3 is 2.25 bits per heavy atom. The molecule has 0 bridgehead atoms. The van der Waals surface area contributed by atoms with Crippen LogP contribution in [0.1, 0.15) is 11.4 Å². The van der Waals surface area contributed by atoms with E-state index in [2.05, 4.69) is 30.9 Å². The Balaban J connectivity index is 2.30. The smallest absolute Gasteiger partial charge is 0.225 e. The van der Waals surface area contributed by atoms with Crippen molar-refractivity contribution in [3.05, 3.63) is 40.1 Å². The van der Waals surface area contributed by atoms with Crippen LogP contribution in [0, 0.1) is 0 Å². The summed E-state index contributed by atoms with van der Waals surface area (Å²) in [6.45, 7) is 0. The molecule has 1 heterocycles. The summed E-state index contributed by atoms with van der Waals surface area (Å²) < 4.78 is 1.01. The summed E-state index contributed by atoms with van der Waals surface area (Å²) >= 11 is 3.46. The second kappa shape index (κ2) is 4.44. The highest BCUT2D eigenvalue weighted by Gasteiger charge is 2.05. The first-order valence-corrected chi connectivity index (χ1v) is 5.44. The number of aromatic nitrogens is 3. The van der Waals surface area contributed by atoms with Gasteiger partial charge in [-0.15, -0.1) is 0 Å². The fraction of sp³-hybridized carbons (Fsp3) is 0.100. The summed E-state index contributed by atoms with van der Waals surface area (Å²) in [4.78, 5) is 11.8. The number of halogens is 1. The summed E-state index contributed by atoms with van der Waals surface area (Å²) in [5, 5.41) is 0. The van der Waals surface area contributed by atoms with E-state index in [0.29, 0.717) is 12.2 Å². The molecular weight excluding hydrogens is 270 g/mol. The fourth-order valence-electron chi connectivity index (χ4n) is 1.35. The van der Waals surface area contributed by atoms with E-state index < -0.39 is 0 Å². The maximum atomic E-state index is 5.50. The number of hydrogen-bond acceptors (Lipinski definition) is 5. The third kappa shape index (κ3) is 2.46. The minimum Gasteiger partial charge on any atom is -0.368 e. The number of hydrogen-bond donors (Lipinski definition) is 2. The topological polar surface area (TPSA) is 90.7 Å². The van der Waals surface area contributed by atoms with Crippen molar-refractivity contribution in [2.75, 3.05) is 11.5 Å². The van der Waals surface area contributed by atoms with Gasteiger partial charge >= 0.3 is 0 Å². The van der Waals surface area contributed by atoms with Crippen molar-refractivity contribution in [1.82, 2.24) is 15.0 Å². The Hall–Kier alpha value is -1.69. The molecule has 5 nitrogen and oxygen atoms in total. The summed E-state index contributed by atoms with van der Waals surface area (Å²) in [5.41, 5.74) is 12.1. The van der Waals surface area contributed by atoms with Gasteiger partial charge in [-0.25, -0.2) is 0 Å². The number of benzene rings is 1. The van der Waals surface area contributed by atoms with Crippen LogP contribution in [-0.4, -0.2) is 15.0 Å². The molecule has 0 fully saturated rings. The lowest BCUT2D eigenvalue weighted by atomic mass is 10.1. The fourth-order valence-corrected chi connectivity index (χ4v) is 1.77. The maximum Gasteiger partial charge on any atom is 0.225 e. The summed E-state index contributed by atoms with van der Waals surface area (Å²) in [7, 11) is 0. The molecule has 82 valence electrons. The molecule has 2 aromatic rings. The molecule has 4 N–H and O–H groups in total. The molecule has 0 unspecified atom stereocenters. The van der Waals surface area contributed by atoms with Crippen LogP contribution in [0.25, 0.3) is 0 Å². The van der Waals surface area contributed by atoms with Gasteiger partial charge in [-0.1, -0.05) is 34.1 Å². The second-order valence-corrected chi connectivity index (χ2v) is 4.09. The number of nitrogens with two attached hydrogens (primary N) is 2. The van der Waals surface area contributed by atoms with Gasteiger partial charge in [-0.2, -0.15) is 15.0 Å². The average molecular weight is 280 g/mol. The van der Waals surface area contributed by atoms with Gasteiger partial charge in [0.1, 0.15) is 5.82 Å². The number of anilines is 2. The van der Waals surface area contributed by atoms with E-state index >= 15 is 0 Å². The monoisotopic (exact) mass is 279 g/mol. The van der Waals surface area contributed by atoms with Gasteiger partial charge in [-0.3, -0.25) is 0 Å². The van der Waals surface area contributed by atoms with E-state index in [9.17, 15) is 0 Å². The Morgan fingerprint density at radius 1 is 1.00 bits per heavy atom. The van der Waals surface area contributed by atoms with Gasteiger partial charge in [0.25, 0.3) is 0 Å². The highest BCUT2D eigenvalue weighted by atomic mass is 79.9. The van der Waals surface area contributed by atoms with Crippen molar-refractivity contribution in [2.24, 2.45) is 0 Å². The molecule has 0 saturated heterocycles. The predicted octanol–water partition coefficient (Wildman–Crippen LogP) is 1.39. The van der Waals surface area contributed by atoms with Gasteiger partial charge in [0.2, 0.25) is 11.9 Å². The van der Waals surface area contributed by atoms with Crippen LogP contribution in [0.15, 0.2) is 28.7 Å². The lowest BCUT2D eigenvalue weighted by molar-refractivity contribution is 0.937. The van der Waals surface area contributed by atoms with Crippen LogP contribution in [0.3, 0.4) is 0 Å². The minimum absolute atomic E-state index is 0.148. The lowest BCUT2D eigenvalue weighted by Crippen LogP contribution is -2.07. The number of nitrogens with zero attached hydrogens (tertiary/aromatic N) is 3. The SMILES string of the molecule is Nc1nc(N)nc(Cc2ccccc2Br)n1. The van der Waals surface area contributed by atoms with Crippen LogP contribution < -0.4 is 11.5 Å². The molecule has 2 rings (SSSR count). The molecule has 0 radical (unpaired) electrons. The van der Waals surface area contributed by atoms with Crippen molar-refractivity contribution in [2.45, 2.75) is 6.42 Å². The highest BCUT2D eigenvalue weighted by Crippen LogP contribution is 2.18. The normalized spacial score (nSPS) is 10.3. The molecule has 0 atom stereocenters. The maximum absolute atomic E-state index is 5.50. The standard InChI is InChI=1S/C10H10BrN5/c11-7-4-2-1-3-6(7)5-8-14-9(12)16-10(13)15-8/h1-4H,5H2,(H4,12,13,14,15,16). The van der Waals surface area contributed by atoms with E-state index in [1.165, 1.54) is 0 Å². The Kier molecular flexibility index (Phi) is 3.00. The van der Waals surface area contributed by atoms with E-state index in [1.54, 1.807) is 0 Å². The molecule has 1 aromatic carbocycles. The van der Waals surface area contributed by atoms with Crippen molar-refractivity contribution in [1.29, 1.82) is 0 Å². The van der Waals surface area contributed by atoms with Crippen molar-refractivity contribution < 1.29 is 0 Å². The van der Waals surface area contributed by atoms with Gasteiger partial charge in [0.15, 0.2) is 0 Å². The molecule has 0 spiro atoms. The number of rotatable bonds is 2. The molecule has 0 aliphatic carbocycles. The minimum atomic E-state index is 0.148. The third-order valence-corrected chi connectivity index (χ3v) is 2.80. The summed E-state index contributed by atoms with van der Waals surface area (Å²) in [6, 6.07) is 7.85. The lowest BCUT2D eigenvalue weighted by Gasteiger charge is -2.04. The average Bonchev–Trinajstić information content (AvgIpc) is 2.20. The molecule has 0 saturated carbocycles. The Morgan fingerprint density at radius 2 is 1.62 bits per heavy atom. The first-order chi connectivity index (χ1) is 7.65. The molecule has 6 heteroatoms. The van der Waals surface area contributed by atoms with Crippen LogP contribution in [0.5, 0.6) is 0 Å². The van der Waals surface area contributed by atoms with Crippen molar-refractivity contribution in [3.8, 4) is 0 Å². The first kappa shape index (κ1) is 10.8. The zero-order valence-electron chi connectivity index (χ0n) is 8.39. The molecule has 16 heavy (non-hydrogen) atoms.